The smallest absolute Gasteiger partial charge is 0.469 e. The van der Waals surface area contributed by atoms with E-state index in [2.05, 4.69) is 52.7 Å². The van der Waals surface area contributed by atoms with Crippen molar-refractivity contribution in [1.29, 1.82) is 0 Å². The molecule has 0 radical (unpaired) electrons. The number of hydrogen-bond donors (Lipinski definition) is 2. The summed E-state index contributed by atoms with van der Waals surface area (Å²) in [6, 6.07) is 0. The van der Waals surface area contributed by atoms with E-state index in [1.807, 2.05) is 61.5 Å². The Morgan fingerprint density at radius 1 is 0.400 bits per heavy atom. The first kappa shape index (κ1) is 117. The number of rotatable bonds is 12. The number of carbonyl (C=O) groups excluding carboxylic acids is 4. The third-order valence-corrected chi connectivity index (χ3v) is 25.0. The van der Waals surface area contributed by atoms with Crippen molar-refractivity contribution in [3.8, 4) is 0 Å². The Bertz CT molecular complexity index is 2780. The summed E-state index contributed by atoms with van der Waals surface area (Å²) in [6.45, 7) is 29.6. The molecule has 0 saturated heterocycles. The molecule has 9 fully saturated rings. The Kier molecular flexibility index (Phi) is 54.9. The summed E-state index contributed by atoms with van der Waals surface area (Å²) >= 11 is 0. The number of methoxy groups -OCH3 is 4. The molecule has 688 valence electrons. The predicted octanol–water partition coefficient (Wildman–Crippen LogP) is 22.7. The maximum Gasteiger partial charge on any atom is 0.511 e. The van der Waals surface area contributed by atoms with Gasteiger partial charge in [-0.3, -0.25) is 19.2 Å². The van der Waals surface area contributed by atoms with E-state index in [4.69, 9.17) is 9.47 Å². The maximum absolute atomic E-state index is 12.4. The fourth-order valence-corrected chi connectivity index (χ4v) is 16.0. The highest BCUT2D eigenvalue weighted by atomic mass is 32.2. The van der Waals surface area contributed by atoms with E-state index in [9.17, 15) is 115 Å². The lowest BCUT2D eigenvalue weighted by Crippen LogP contribution is -2.44. The number of allylic oxidation sites excluding steroid dienone is 2. The summed E-state index contributed by atoms with van der Waals surface area (Å²) < 4.78 is 287. The number of hydrogen-bond acceptors (Lipinski definition) is 14. The first-order valence-corrected chi connectivity index (χ1v) is 42.8. The Balaban J connectivity index is -0.000000611. The summed E-state index contributed by atoms with van der Waals surface area (Å²) in [5, 5.41) is 0. The molecule has 0 amide bonds. The average Bonchev–Trinajstić information content (AvgIpc) is 1.77. The number of alkyl halides is 18. The molecule has 10 aliphatic rings. The van der Waals surface area contributed by atoms with E-state index in [0.29, 0.717) is 41.4 Å². The number of esters is 4. The molecule has 0 heterocycles. The molecule has 0 aromatic rings. The van der Waals surface area contributed by atoms with Crippen LogP contribution >= 0.6 is 0 Å². The second kappa shape index (κ2) is 53.8. The molecular weight excluding hydrogens is 1610 g/mol. The lowest BCUT2D eigenvalue weighted by Gasteiger charge is -2.31. The largest absolute Gasteiger partial charge is 0.511 e. The van der Waals surface area contributed by atoms with Crippen molar-refractivity contribution in [3.05, 3.63) is 12.2 Å². The molecule has 2 N–H and O–H groups in total. The Morgan fingerprint density at radius 3 is 0.887 bits per heavy atom. The molecule has 0 spiro atoms. The highest BCUT2D eigenvalue weighted by Crippen LogP contribution is 2.55. The standard InChI is InChI=1S/2C16H26O2.C9H14F3NO2S.C9H12F3NO2S.2C5H6F6.2C3H6O2.2C3H8O.3C2H6.CH4/c2*1-10-3-7-14(8-4-10)18-16(17)15-11(2)12-5-6-13(15)9-12;2*10-9(11,12)16(14,15)13-5-8-4-6-1-2-7(8)3-6;2*1-3(2,4(6,7)8)5(9,10)11;2*1-3(4)5-2;2*1-3-4-2;3*1-2;/h2*10-15H,3-9H2,1-2H3;6-8,13H,1-5H2;1-2,6-8,13H,3-5H2;2*1-2H3;2*1-2H3;2*3H2,1-2H3;3*1-2H3;1H4. The third kappa shape index (κ3) is 39.7. The highest BCUT2D eigenvalue weighted by molar-refractivity contribution is 7.90. The van der Waals surface area contributed by atoms with E-state index in [1.54, 1.807) is 23.7 Å². The molecule has 9 saturated carbocycles. The second-order valence-electron chi connectivity index (χ2n) is 30.9. The van der Waals surface area contributed by atoms with Crippen LogP contribution in [0.25, 0.3) is 0 Å². The lowest BCUT2D eigenvalue weighted by atomic mass is 9.80. The van der Waals surface area contributed by atoms with Crippen molar-refractivity contribution in [2.24, 2.45) is 106 Å². The van der Waals surface area contributed by atoms with Gasteiger partial charge in [0.25, 0.3) is 0 Å². The van der Waals surface area contributed by atoms with Crippen molar-refractivity contribution in [3.63, 3.8) is 0 Å². The minimum atomic E-state index is -5.24. The highest BCUT2D eigenvalue weighted by Gasteiger charge is 2.65. The number of halogens is 18. The van der Waals surface area contributed by atoms with Crippen LogP contribution in [0.1, 0.15) is 260 Å². The topological polar surface area (TPSA) is 216 Å². The molecule has 115 heavy (non-hydrogen) atoms. The Labute approximate surface area is 674 Å². The van der Waals surface area contributed by atoms with E-state index >= 15 is 0 Å². The average molecular weight is 1750 g/mol. The van der Waals surface area contributed by atoms with Crippen LogP contribution in [0.2, 0.25) is 0 Å². The van der Waals surface area contributed by atoms with Crippen LogP contribution in [0, 0.1) is 106 Å². The van der Waals surface area contributed by atoms with Gasteiger partial charge in [0.1, 0.15) is 12.2 Å². The SMILES string of the molecule is C.CC.CC.CC.CC(C)(C(F)(F)F)C(F)(F)F.CC(C)(C(F)(F)F)C(F)(F)F.CC1CCC(OC(=O)C2C3CCC(C3)C2C)CC1.CC1CCC(OC(=O)C2C3CCC(C3)C2C)CC1.CCOC.CCOC.COC(C)=O.COC(C)=O.O=S(=O)(NCC1CC2C=CC1C2)C(F)(F)F.O=S(=O)(NCC1CC2CCC1C2)C(F)(F)F. The maximum atomic E-state index is 12.4. The monoisotopic (exact) mass is 1750 g/mol. The molecule has 36 heteroatoms. The zero-order valence-electron chi connectivity index (χ0n) is 70.9. The van der Waals surface area contributed by atoms with Gasteiger partial charge in [-0.05, 0) is 246 Å². The van der Waals surface area contributed by atoms with Gasteiger partial charge in [0.05, 0.1) is 26.1 Å². The number of fused-ring (bicyclic) bond motifs is 8. The molecule has 14 unspecified atom stereocenters. The van der Waals surface area contributed by atoms with Crippen LogP contribution in [0.4, 0.5) is 79.0 Å². The fraction of sp³-hybridized carbons (Fsp3) is 0.924. The Hall–Kier alpha value is -3.90. The molecule has 10 aliphatic carbocycles. The van der Waals surface area contributed by atoms with Gasteiger partial charge >= 0.3 is 79.6 Å². The normalized spacial score (nSPS) is 28.5. The molecule has 0 aromatic heterocycles. The van der Waals surface area contributed by atoms with Gasteiger partial charge in [0.15, 0.2) is 10.8 Å². The van der Waals surface area contributed by atoms with E-state index in [-0.39, 0.29) is 114 Å². The minimum Gasteiger partial charge on any atom is -0.469 e. The van der Waals surface area contributed by atoms with E-state index in [1.165, 1.54) is 92.3 Å². The van der Waals surface area contributed by atoms with Crippen LogP contribution in [-0.2, 0) is 67.6 Å². The van der Waals surface area contributed by atoms with Crippen LogP contribution in [0.3, 0.4) is 0 Å². The van der Waals surface area contributed by atoms with E-state index < -0.39 is 66.6 Å². The lowest BCUT2D eigenvalue weighted by molar-refractivity contribution is -0.328. The van der Waals surface area contributed by atoms with Gasteiger partial charge in [-0.25, -0.2) is 26.3 Å². The first-order chi connectivity index (χ1) is 52.3. The van der Waals surface area contributed by atoms with Gasteiger partial charge in [0, 0.05) is 54.4 Å². The fourth-order valence-electron chi connectivity index (χ4n) is 14.8. The number of ether oxygens (including phenoxy) is 6. The number of carbonyl (C=O) groups is 4. The molecule has 0 aromatic carbocycles. The first-order valence-electron chi connectivity index (χ1n) is 39.8. The van der Waals surface area contributed by atoms with Gasteiger partial charge < -0.3 is 28.4 Å². The molecule has 16 nitrogen and oxygen atoms in total. The van der Waals surface area contributed by atoms with Gasteiger partial charge in [-0.2, -0.15) is 79.0 Å². The zero-order valence-corrected chi connectivity index (χ0v) is 72.5. The van der Waals surface area contributed by atoms with Crippen molar-refractivity contribution in [2.75, 3.05) is 54.7 Å². The van der Waals surface area contributed by atoms with Crippen molar-refractivity contribution >= 4 is 43.9 Å². The summed E-state index contributed by atoms with van der Waals surface area (Å²) in [5.74, 6) is 7.67. The minimum absolute atomic E-state index is 0. The molecule has 8 bridgehead atoms. The van der Waals surface area contributed by atoms with Crippen LogP contribution in [-0.4, -0.2) is 143 Å². The number of nitrogens with one attached hydrogen (secondary N) is 2. The summed E-state index contributed by atoms with van der Waals surface area (Å²) in [7, 11) is -4.27. The Morgan fingerprint density at radius 2 is 0.687 bits per heavy atom. The van der Waals surface area contributed by atoms with Gasteiger partial charge in [-0.15, -0.1) is 0 Å². The van der Waals surface area contributed by atoms with Crippen LogP contribution < -0.4 is 9.44 Å². The number of sulfonamides is 2. The zero-order chi connectivity index (χ0) is 89.7. The van der Waals surface area contributed by atoms with Crippen molar-refractivity contribution < 1.29 is 143 Å². The van der Waals surface area contributed by atoms with Crippen LogP contribution in [0.5, 0.6) is 0 Å². The summed E-state index contributed by atoms with van der Waals surface area (Å²) in [5.41, 5.74) is -17.6. The predicted molar refractivity (Wildman–Crippen MR) is 409 cm³/mol. The van der Waals surface area contributed by atoms with Crippen LogP contribution in [0.15, 0.2) is 12.2 Å². The van der Waals surface area contributed by atoms with Gasteiger partial charge in [-0.1, -0.05) is 95.2 Å². The molecule has 10 rings (SSSR count). The van der Waals surface area contributed by atoms with Crippen molar-refractivity contribution in [2.45, 2.75) is 308 Å². The molecular formula is C79H140F18N2O14S2. The summed E-state index contributed by atoms with van der Waals surface area (Å²) in [6.07, 6.45) is 6.33. The molecule has 0 aliphatic heterocycles. The van der Waals surface area contributed by atoms with Gasteiger partial charge in [0.2, 0.25) is 0 Å². The summed E-state index contributed by atoms with van der Waals surface area (Å²) in [4.78, 5) is 43.9. The third-order valence-electron chi connectivity index (χ3n) is 22.7. The van der Waals surface area contributed by atoms with E-state index in [0.717, 1.165) is 101 Å². The quantitative estimate of drug-likeness (QED) is 0.0805. The van der Waals surface area contributed by atoms with Crippen molar-refractivity contribution in [1.82, 2.24) is 9.44 Å². The molecule has 14 atom stereocenters. The second-order valence-corrected chi connectivity index (χ2v) is 34.4.